The van der Waals surface area contributed by atoms with Gasteiger partial charge in [-0.05, 0) is 24.3 Å². The number of hydrogen-bond donors (Lipinski definition) is 1. The number of hydrogen-bond acceptors (Lipinski definition) is 4. The standard InChI is InChI=1S/C9H13NO3S2/c11-7-8-3-1-5-10(8)15(12,13)9-4-2-6-14-9/h2,4,6,8,11H,1,3,5,7H2. The molecule has 2 heterocycles. The van der Waals surface area contributed by atoms with Gasteiger partial charge in [-0.3, -0.25) is 0 Å². The summed E-state index contributed by atoms with van der Waals surface area (Å²) in [4.78, 5) is 0. The molecule has 1 aromatic rings. The van der Waals surface area contributed by atoms with E-state index in [-0.39, 0.29) is 12.6 Å². The van der Waals surface area contributed by atoms with Gasteiger partial charge in [-0.15, -0.1) is 11.3 Å². The lowest BCUT2D eigenvalue weighted by Crippen LogP contribution is -2.37. The highest BCUT2D eigenvalue weighted by atomic mass is 32.2. The largest absolute Gasteiger partial charge is 0.395 e. The van der Waals surface area contributed by atoms with E-state index < -0.39 is 10.0 Å². The molecule has 6 heteroatoms. The van der Waals surface area contributed by atoms with Crippen LogP contribution in [0.2, 0.25) is 0 Å². The summed E-state index contributed by atoms with van der Waals surface area (Å²) in [6, 6.07) is 3.09. The maximum absolute atomic E-state index is 12.1. The second kappa shape index (κ2) is 4.21. The van der Waals surface area contributed by atoms with Crippen molar-refractivity contribution in [3.8, 4) is 0 Å². The first-order valence-electron chi connectivity index (χ1n) is 4.82. The molecule has 1 saturated heterocycles. The summed E-state index contributed by atoms with van der Waals surface area (Å²) in [5.74, 6) is 0. The highest BCUT2D eigenvalue weighted by molar-refractivity contribution is 7.91. The Labute approximate surface area is 93.2 Å². The van der Waals surface area contributed by atoms with E-state index in [9.17, 15) is 8.42 Å². The molecule has 0 radical (unpaired) electrons. The first-order valence-corrected chi connectivity index (χ1v) is 7.14. The summed E-state index contributed by atoms with van der Waals surface area (Å²) >= 11 is 1.22. The maximum Gasteiger partial charge on any atom is 0.252 e. The molecule has 84 valence electrons. The third-order valence-corrected chi connectivity index (χ3v) is 5.92. The molecular formula is C9H13NO3S2. The Bertz CT molecular complexity index is 413. The number of sulfonamides is 1. The topological polar surface area (TPSA) is 57.6 Å². The molecule has 1 aliphatic rings. The number of rotatable bonds is 3. The van der Waals surface area contributed by atoms with Gasteiger partial charge in [0.15, 0.2) is 0 Å². The summed E-state index contributed by atoms with van der Waals surface area (Å²) in [5.41, 5.74) is 0. The molecule has 15 heavy (non-hydrogen) atoms. The average Bonchev–Trinajstić information content (AvgIpc) is 2.89. The van der Waals surface area contributed by atoms with Crippen molar-refractivity contribution in [3.63, 3.8) is 0 Å². The monoisotopic (exact) mass is 247 g/mol. The van der Waals surface area contributed by atoms with Crippen LogP contribution in [0.25, 0.3) is 0 Å². The minimum Gasteiger partial charge on any atom is -0.395 e. The van der Waals surface area contributed by atoms with E-state index in [0.29, 0.717) is 10.8 Å². The van der Waals surface area contributed by atoms with Crippen molar-refractivity contribution in [1.82, 2.24) is 4.31 Å². The van der Waals surface area contributed by atoms with E-state index in [1.807, 2.05) is 0 Å². The van der Waals surface area contributed by atoms with Gasteiger partial charge in [-0.2, -0.15) is 4.31 Å². The van der Waals surface area contributed by atoms with Crippen molar-refractivity contribution in [1.29, 1.82) is 0 Å². The third-order valence-electron chi connectivity index (χ3n) is 2.59. The van der Waals surface area contributed by atoms with E-state index in [4.69, 9.17) is 5.11 Å². The van der Waals surface area contributed by atoms with Crippen molar-refractivity contribution in [2.75, 3.05) is 13.2 Å². The first-order chi connectivity index (χ1) is 7.16. The van der Waals surface area contributed by atoms with Crippen LogP contribution in [-0.2, 0) is 10.0 Å². The molecule has 4 nitrogen and oxygen atoms in total. The van der Waals surface area contributed by atoms with Crippen molar-refractivity contribution < 1.29 is 13.5 Å². The summed E-state index contributed by atoms with van der Waals surface area (Å²) in [6.07, 6.45) is 1.58. The molecule has 0 aliphatic carbocycles. The zero-order chi connectivity index (χ0) is 10.9. The molecule has 0 spiro atoms. The van der Waals surface area contributed by atoms with E-state index in [1.54, 1.807) is 17.5 Å². The normalized spacial score (nSPS) is 23.4. The van der Waals surface area contributed by atoms with Crippen LogP contribution in [0.5, 0.6) is 0 Å². The fraction of sp³-hybridized carbons (Fsp3) is 0.556. The van der Waals surface area contributed by atoms with Crippen LogP contribution in [0.1, 0.15) is 12.8 Å². The van der Waals surface area contributed by atoms with Gasteiger partial charge in [-0.1, -0.05) is 6.07 Å². The van der Waals surface area contributed by atoms with Crippen molar-refractivity contribution in [3.05, 3.63) is 17.5 Å². The van der Waals surface area contributed by atoms with Crippen LogP contribution in [0.3, 0.4) is 0 Å². The first kappa shape index (κ1) is 11.1. The van der Waals surface area contributed by atoms with Crippen LogP contribution < -0.4 is 0 Å². The Hall–Kier alpha value is -0.430. The number of nitrogens with zero attached hydrogens (tertiary/aromatic N) is 1. The van der Waals surface area contributed by atoms with Crippen LogP contribution in [0, 0.1) is 0 Å². The molecular weight excluding hydrogens is 234 g/mol. The summed E-state index contributed by atoms with van der Waals surface area (Å²) < 4.78 is 26.0. The van der Waals surface area contributed by atoms with Crippen molar-refractivity contribution in [2.45, 2.75) is 23.1 Å². The van der Waals surface area contributed by atoms with E-state index in [1.165, 1.54) is 15.6 Å². The highest BCUT2D eigenvalue weighted by Gasteiger charge is 2.35. The molecule has 0 amide bonds. The van der Waals surface area contributed by atoms with E-state index in [0.717, 1.165) is 12.8 Å². The van der Waals surface area contributed by atoms with Gasteiger partial charge in [0.25, 0.3) is 10.0 Å². The molecule has 0 aromatic carbocycles. The average molecular weight is 247 g/mol. The minimum absolute atomic E-state index is 0.0927. The van der Waals surface area contributed by atoms with Gasteiger partial charge in [0, 0.05) is 12.6 Å². The predicted molar refractivity (Wildman–Crippen MR) is 58.3 cm³/mol. The Balaban J connectivity index is 2.30. The molecule has 1 aliphatic heterocycles. The number of thiophene rings is 1. The predicted octanol–water partition coefficient (Wildman–Crippen LogP) is 0.894. The van der Waals surface area contributed by atoms with Crippen LogP contribution >= 0.6 is 11.3 Å². The van der Waals surface area contributed by atoms with Crippen LogP contribution in [-0.4, -0.2) is 37.0 Å². The van der Waals surface area contributed by atoms with E-state index in [2.05, 4.69) is 0 Å². The molecule has 1 fully saturated rings. The Kier molecular flexibility index (Phi) is 3.11. The van der Waals surface area contributed by atoms with Crippen molar-refractivity contribution in [2.24, 2.45) is 0 Å². The second-order valence-electron chi connectivity index (χ2n) is 3.53. The van der Waals surface area contributed by atoms with Crippen LogP contribution in [0.15, 0.2) is 21.7 Å². The SMILES string of the molecule is O=S(=O)(c1cccs1)N1CCCC1CO. The summed E-state index contributed by atoms with van der Waals surface area (Å²) in [5, 5.41) is 10.8. The molecule has 1 atom stereocenters. The van der Waals surface area contributed by atoms with Crippen molar-refractivity contribution >= 4 is 21.4 Å². The lowest BCUT2D eigenvalue weighted by Gasteiger charge is -2.21. The molecule has 0 bridgehead atoms. The minimum atomic E-state index is -3.36. The Morgan fingerprint density at radius 2 is 2.40 bits per heavy atom. The van der Waals surface area contributed by atoms with Gasteiger partial charge in [0.05, 0.1) is 6.61 Å². The quantitative estimate of drug-likeness (QED) is 0.863. The Morgan fingerprint density at radius 1 is 1.60 bits per heavy atom. The molecule has 0 saturated carbocycles. The van der Waals surface area contributed by atoms with Crippen LogP contribution in [0.4, 0.5) is 0 Å². The number of aliphatic hydroxyl groups excluding tert-OH is 1. The zero-order valence-corrected chi connectivity index (χ0v) is 9.80. The van der Waals surface area contributed by atoms with E-state index >= 15 is 0 Å². The van der Waals surface area contributed by atoms with Gasteiger partial charge >= 0.3 is 0 Å². The summed E-state index contributed by atoms with van der Waals surface area (Å²) in [7, 11) is -3.36. The summed E-state index contributed by atoms with van der Waals surface area (Å²) in [6.45, 7) is 0.427. The third kappa shape index (κ3) is 1.94. The number of aliphatic hydroxyl groups is 1. The highest BCUT2D eigenvalue weighted by Crippen LogP contribution is 2.27. The van der Waals surface area contributed by atoms with Gasteiger partial charge < -0.3 is 5.11 Å². The second-order valence-corrected chi connectivity index (χ2v) is 6.59. The molecule has 2 rings (SSSR count). The smallest absolute Gasteiger partial charge is 0.252 e. The maximum atomic E-state index is 12.1. The Morgan fingerprint density at radius 3 is 3.00 bits per heavy atom. The molecule has 1 unspecified atom stereocenters. The lowest BCUT2D eigenvalue weighted by atomic mass is 10.2. The fourth-order valence-corrected chi connectivity index (χ4v) is 4.64. The molecule has 1 aromatic heterocycles. The van der Waals surface area contributed by atoms with Gasteiger partial charge in [0.1, 0.15) is 4.21 Å². The lowest BCUT2D eigenvalue weighted by molar-refractivity contribution is 0.213. The fourth-order valence-electron chi connectivity index (χ4n) is 1.83. The van der Waals surface area contributed by atoms with Gasteiger partial charge in [-0.25, -0.2) is 8.42 Å². The van der Waals surface area contributed by atoms with Gasteiger partial charge in [0.2, 0.25) is 0 Å². The zero-order valence-electron chi connectivity index (χ0n) is 8.17. The molecule has 1 N–H and O–H groups in total.